The summed E-state index contributed by atoms with van der Waals surface area (Å²) in [5.74, 6) is -0.432. The van der Waals surface area contributed by atoms with Crippen molar-refractivity contribution in [1.29, 1.82) is 0 Å². The number of aliphatic carboxylic acids is 1. The number of ether oxygens (including phenoxy) is 1. The van der Waals surface area contributed by atoms with Crippen molar-refractivity contribution in [3.05, 3.63) is 101 Å². The highest BCUT2D eigenvalue weighted by atomic mass is 19.4. The third-order valence-electron chi connectivity index (χ3n) is 4.39. The average Bonchev–Trinajstić information content (AvgIpc) is 2.76. The fourth-order valence-electron chi connectivity index (χ4n) is 2.91. The monoisotopic (exact) mass is 443 g/mol. The standard InChI is InChI=1S/C24H20F3NO4/c25-24(26,27)20-11-9-19(10-12-20)23(18-6-2-1-3-7-18)28-32-14-13-31-21-8-4-5-17(15-21)16-22(29)30/h1-12,15H,13-14,16H2,(H,29,30). The molecule has 0 aromatic heterocycles. The van der Waals surface area contributed by atoms with Crippen LogP contribution in [0.5, 0.6) is 5.75 Å². The first-order chi connectivity index (χ1) is 15.3. The van der Waals surface area contributed by atoms with E-state index in [9.17, 15) is 18.0 Å². The van der Waals surface area contributed by atoms with Gasteiger partial charge in [-0.2, -0.15) is 13.2 Å². The maximum Gasteiger partial charge on any atom is 0.416 e. The summed E-state index contributed by atoms with van der Waals surface area (Å²) in [6, 6.07) is 20.4. The van der Waals surface area contributed by atoms with Crippen molar-refractivity contribution < 1.29 is 32.6 Å². The summed E-state index contributed by atoms with van der Waals surface area (Å²) in [7, 11) is 0. The zero-order valence-corrected chi connectivity index (χ0v) is 16.9. The van der Waals surface area contributed by atoms with E-state index in [0.717, 1.165) is 12.1 Å². The first-order valence-electron chi connectivity index (χ1n) is 9.69. The lowest BCUT2D eigenvalue weighted by molar-refractivity contribution is -0.138. The van der Waals surface area contributed by atoms with Crippen molar-refractivity contribution in [3.63, 3.8) is 0 Å². The summed E-state index contributed by atoms with van der Waals surface area (Å²) < 4.78 is 44.1. The summed E-state index contributed by atoms with van der Waals surface area (Å²) >= 11 is 0. The highest BCUT2D eigenvalue weighted by molar-refractivity contribution is 6.12. The minimum atomic E-state index is -4.42. The third kappa shape index (κ3) is 6.60. The van der Waals surface area contributed by atoms with Crippen molar-refractivity contribution in [2.75, 3.05) is 13.2 Å². The average molecular weight is 443 g/mol. The topological polar surface area (TPSA) is 68.1 Å². The maximum atomic E-state index is 12.9. The van der Waals surface area contributed by atoms with Gasteiger partial charge in [-0.05, 0) is 29.8 Å². The number of carboxylic acid groups (broad SMARTS) is 1. The minimum absolute atomic E-state index is 0.0835. The van der Waals surface area contributed by atoms with Gasteiger partial charge in [0.15, 0.2) is 6.61 Å². The smallest absolute Gasteiger partial charge is 0.416 e. The summed E-state index contributed by atoms with van der Waals surface area (Å²) in [6.07, 6.45) is -4.52. The van der Waals surface area contributed by atoms with E-state index in [0.29, 0.717) is 28.2 Å². The molecule has 5 nitrogen and oxygen atoms in total. The predicted molar refractivity (Wildman–Crippen MR) is 113 cm³/mol. The predicted octanol–water partition coefficient (Wildman–Crippen LogP) is 5.18. The van der Waals surface area contributed by atoms with Gasteiger partial charge in [-0.25, -0.2) is 0 Å². The Morgan fingerprint density at radius 3 is 2.22 bits per heavy atom. The van der Waals surface area contributed by atoms with Crippen molar-refractivity contribution in [1.82, 2.24) is 0 Å². The Kier molecular flexibility index (Phi) is 7.49. The van der Waals surface area contributed by atoms with E-state index in [1.165, 1.54) is 12.1 Å². The largest absolute Gasteiger partial charge is 0.490 e. The first kappa shape index (κ1) is 22.9. The van der Waals surface area contributed by atoms with Crippen LogP contribution in [0.25, 0.3) is 0 Å². The Morgan fingerprint density at radius 2 is 1.56 bits per heavy atom. The Balaban J connectivity index is 1.66. The number of alkyl halides is 3. The van der Waals surface area contributed by atoms with Gasteiger partial charge in [0.25, 0.3) is 0 Å². The molecule has 0 aliphatic carbocycles. The van der Waals surface area contributed by atoms with Crippen LogP contribution in [0.1, 0.15) is 22.3 Å². The normalized spacial score (nSPS) is 11.8. The lowest BCUT2D eigenvalue weighted by atomic mass is 10.0. The summed E-state index contributed by atoms with van der Waals surface area (Å²) in [5, 5.41) is 13.0. The van der Waals surface area contributed by atoms with Crippen LogP contribution in [-0.4, -0.2) is 30.0 Å². The molecular weight excluding hydrogens is 423 g/mol. The molecule has 3 aromatic carbocycles. The van der Waals surface area contributed by atoms with Gasteiger partial charge in [0.05, 0.1) is 12.0 Å². The minimum Gasteiger partial charge on any atom is -0.490 e. The Hall–Kier alpha value is -3.81. The molecule has 3 aromatic rings. The molecule has 0 radical (unpaired) electrons. The number of hydrogen-bond acceptors (Lipinski definition) is 4. The summed E-state index contributed by atoms with van der Waals surface area (Å²) in [6.45, 7) is 0.231. The molecule has 1 N–H and O–H groups in total. The SMILES string of the molecule is O=C(O)Cc1cccc(OCCON=C(c2ccccc2)c2ccc(C(F)(F)F)cc2)c1. The fraction of sp³-hybridized carbons (Fsp3) is 0.167. The molecule has 0 spiro atoms. The first-order valence-corrected chi connectivity index (χ1v) is 9.69. The molecule has 0 aliphatic heterocycles. The van der Waals surface area contributed by atoms with Gasteiger partial charge in [-0.15, -0.1) is 0 Å². The fourth-order valence-corrected chi connectivity index (χ4v) is 2.91. The molecule has 0 heterocycles. The number of carbonyl (C=O) groups is 1. The van der Waals surface area contributed by atoms with Crippen LogP contribution >= 0.6 is 0 Å². The van der Waals surface area contributed by atoms with Crippen molar-refractivity contribution in [2.45, 2.75) is 12.6 Å². The number of oxime groups is 1. The van der Waals surface area contributed by atoms with Gasteiger partial charge in [0, 0.05) is 11.1 Å². The third-order valence-corrected chi connectivity index (χ3v) is 4.39. The Labute approximate surface area is 182 Å². The molecule has 0 aliphatic rings. The van der Waals surface area contributed by atoms with Crippen LogP contribution in [-0.2, 0) is 22.2 Å². The van der Waals surface area contributed by atoms with Gasteiger partial charge in [0.2, 0.25) is 0 Å². The molecule has 0 unspecified atom stereocenters. The van der Waals surface area contributed by atoms with E-state index >= 15 is 0 Å². The van der Waals surface area contributed by atoms with Gasteiger partial charge < -0.3 is 14.7 Å². The van der Waals surface area contributed by atoms with Crippen LogP contribution in [0.3, 0.4) is 0 Å². The van der Waals surface area contributed by atoms with Crippen molar-refractivity contribution in [3.8, 4) is 5.75 Å². The van der Waals surface area contributed by atoms with E-state index in [1.807, 2.05) is 6.07 Å². The zero-order valence-electron chi connectivity index (χ0n) is 16.9. The van der Waals surface area contributed by atoms with Crippen LogP contribution in [0.2, 0.25) is 0 Å². The molecule has 32 heavy (non-hydrogen) atoms. The zero-order chi connectivity index (χ0) is 23.0. The summed E-state index contributed by atoms with van der Waals surface area (Å²) in [4.78, 5) is 16.2. The number of rotatable bonds is 9. The second-order valence-electron chi connectivity index (χ2n) is 6.78. The van der Waals surface area contributed by atoms with E-state index in [4.69, 9.17) is 14.7 Å². The second kappa shape index (κ2) is 10.5. The van der Waals surface area contributed by atoms with Crippen LogP contribution in [0.15, 0.2) is 84.0 Å². The number of nitrogens with zero attached hydrogens (tertiary/aromatic N) is 1. The van der Waals surface area contributed by atoms with Crippen LogP contribution in [0.4, 0.5) is 13.2 Å². The quantitative estimate of drug-likeness (QED) is 0.281. The number of carboxylic acids is 1. The highest BCUT2D eigenvalue weighted by Crippen LogP contribution is 2.29. The van der Waals surface area contributed by atoms with E-state index in [2.05, 4.69) is 5.16 Å². The number of hydrogen-bond donors (Lipinski definition) is 1. The van der Waals surface area contributed by atoms with E-state index in [1.54, 1.807) is 48.5 Å². The van der Waals surface area contributed by atoms with Crippen molar-refractivity contribution >= 4 is 11.7 Å². The van der Waals surface area contributed by atoms with Gasteiger partial charge >= 0.3 is 12.1 Å². The molecular formula is C24H20F3NO4. The number of benzene rings is 3. The maximum absolute atomic E-state index is 12.9. The molecule has 166 valence electrons. The lowest BCUT2D eigenvalue weighted by Gasteiger charge is -2.11. The Bertz CT molecular complexity index is 1060. The van der Waals surface area contributed by atoms with Crippen molar-refractivity contribution in [2.24, 2.45) is 5.16 Å². The lowest BCUT2D eigenvalue weighted by Crippen LogP contribution is -2.10. The van der Waals surface area contributed by atoms with Crippen LogP contribution in [0, 0.1) is 0 Å². The molecule has 0 amide bonds. The van der Waals surface area contributed by atoms with Gasteiger partial charge in [-0.1, -0.05) is 59.8 Å². The second-order valence-corrected chi connectivity index (χ2v) is 6.78. The summed E-state index contributed by atoms with van der Waals surface area (Å²) in [5.41, 5.74) is 1.43. The van der Waals surface area contributed by atoms with Gasteiger partial charge in [-0.3, -0.25) is 4.79 Å². The molecule has 3 rings (SSSR count). The highest BCUT2D eigenvalue weighted by Gasteiger charge is 2.30. The number of halogens is 3. The molecule has 0 saturated heterocycles. The van der Waals surface area contributed by atoms with E-state index in [-0.39, 0.29) is 19.6 Å². The van der Waals surface area contributed by atoms with Crippen LogP contribution < -0.4 is 4.74 Å². The molecule has 0 fully saturated rings. The Morgan fingerprint density at radius 1 is 0.875 bits per heavy atom. The molecule has 0 atom stereocenters. The molecule has 0 bridgehead atoms. The van der Waals surface area contributed by atoms with E-state index < -0.39 is 17.7 Å². The molecule has 0 saturated carbocycles. The van der Waals surface area contributed by atoms with Gasteiger partial charge in [0.1, 0.15) is 18.1 Å². The molecule has 8 heteroatoms.